The van der Waals surface area contributed by atoms with Crippen LogP contribution < -0.4 is 0 Å². The topological polar surface area (TPSA) is 71.1 Å². The molecule has 2 aliphatic carbocycles. The Morgan fingerprint density at radius 2 is 1.69 bits per heavy atom. The molecule has 36 heavy (non-hydrogen) atoms. The highest BCUT2D eigenvalue weighted by atomic mass is 28.4. The van der Waals surface area contributed by atoms with E-state index in [4.69, 9.17) is 18.6 Å². The first-order valence-electron chi connectivity index (χ1n) is 12.8. The Kier molecular flexibility index (Phi) is 6.17. The molecular formula is C29H36O6Si. The average molecular weight is 509 g/mol. The van der Waals surface area contributed by atoms with Crippen molar-refractivity contribution in [2.24, 2.45) is 11.3 Å². The van der Waals surface area contributed by atoms with Gasteiger partial charge in [0.25, 0.3) is 0 Å². The molecule has 0 N–H and O–H groups in total. The fourth-order valence-electron chi connectivity index (χ4n) is 5.93. The van der Waals surface area contributed by atoms with E-state index in [-0.39, 0.29) is 36.2 Å². The molecule has 0 bridgehead atoms. The minimum Gasteiger partial charge on any atom is -0.461 e. The predicted octanol–water partition coefficient (Wildman–Crippen LogP) is 5.52. The molecule has 2 saturated carbocycles. The Bertz CT molecular complexity index is 1130. The van der Waals surface area contributed by atoms with E-state index in [1.807, 2.05) is 36.4 Å². The van der Waals surface area contributed by atoms with Crippen LogP contribution in [0.25, 0.3) is 0 Å². The number of benzene rings is 2. The predicted molar refractivity (Wildman–Crippen MR) is 138 cm³/mol. The molecule has 5 rings (SSSR count). The van der Waals surface area contributed by atoms with E-state index in [0.717, 1.165) is 5.56 Å². The summed E-state index contributed by atoms with van der Waals surface area (Å²) in [5.41, 5.74) is -0.428. The van der Waals surface area contributed by atoms with E-state index >= 15 is 0 Å². The molecule has 0 amide bonds. The molecule has 1 aliphatic heterocycles. The number of hydrogen-bond acceptors (Lipinski definition) is 6. The SMILES string of the molecule is CC(C)(C)[Si](C)(C)O[C@@H]1C[C@H]2OC(=O)[C@@]3(OCc4ccccc4)C[C@@H]1[C@@]23COC(=O)c1ccccc1. The highest BCUT2D eigenvalue weighted by Gasteiger charge is 2.84. The summed E-state index contributed by atoms with van der Waals surface area (Å²) in [6.45, 7) is 11.5. The molecule has 1 saturated heterocycles. The van der Waals surface area contributed by atoms with Gasteiger partial charge in [-0.2, -0.15) is 0 Å². The number of hydrogen-bond donors (Lipinski definition) is 0. The van der Waals surface area contributed by atoms with Crippen LogP contribution >= 0.6 is 0 Å². The Morgan fingerprint density at radius 3 is 2.33 bits per heavy atom. The quantitative estimate of drug-likeness (QED) is 0.345. The number of esters is 2. The third-order valence-electron chi connectivity index (χ3n) is 9.00. The first-order chi connectivity index (χ1) is 17.0. The summed E-state index contributed by atoms with van der Waals surface area (Å²) < 4.78 is 25.2. The summed E-state index contributed by atoms with van der Waals surface area (Å²) in [5.74, 6) is -0.738. The third-order valence-corrected chi connectivity index (χ3v) is 13.5. The largest absolute Gasteiger partial charge is 0.461 e. The van der Waals surface area contributed by atoms with Gasteiger partial charge in [-0.3, -0.25) is 0 Å². The lowest BCUT2D eigenvalue weighted by atomic mass is 9.51. The standard InChI is InChI=1S/C29H36O6Si/c1-27(2,3)36(4,5)35-23-16-24-28(19-32-25(30)21-14-10-7-11-15-21)22(23)17-29(28,26(31)34-24)33-18-20-12-8-6-9-13-20/h6-15,22-24H,16-19H2,1-5H3/t22-,23+,24+,28-,29-/m0/s1. The van der Waals surface area contributed by atoms with Gasteiger partial charge < -0.3 is 18.6 Å². The van der Waals surface area contributed by atoms with Crippen molar-refractivity contribution < 1.29 is 28.2 Å². The molecule has 5 atom stereocenters. The van der Waals surface area contributed by atoms with E-state index in [2.05, 4.69) is 33.9 Å². The van der Waals surface area contributed by atoms with Crippen molar-refractivity contribution in [1.29, 1.82) is 0 Å². The molecular weight excluding hydrogens is 472 g/mol. The molecule has 7 heteroatoms. The van der Waals surface area contributed by atoms with Gasteiger partial charge in [-0.1, -0.05) is 69.3 Å². The average Bonchev–Trinajstić information content (AvgIpc) is 3.14. The molecule has 0 spiro atoms. The maximum absolute atomic E-state index is 13.3. The molecule has 3 aliphatic rings. The summed E-state index contributed by atoms with van der Waals surface area (Å²) in [7, 11) is -2.07. The summed E-state index contributed by atoms with van der Waals surface area (Å²) in [4.78, 5) is 26.2. The van der Waals surface area contributed by atoms with Crippen molar-refractivity contribution in [2.75, 3.05) is 6.61 Å². The first-order valence-corrected chi connectivity index (χ1v) is 15.7. The summed E-state index contributed by atoms with van der Waals surface area (Å²) in [5, 5.41) is 0.0545. The van der Waals surface area contributed by atoms with E-state index in [1.165, 1.54) is 0 Å². The fourth-order valence-corrected chi connectivity index (χ4v) is 7.30. The fraction of sp³-hybridized carbons (Fsp3) is 0.517. The van der Waals surface area contributed by atoms with Crippen LogP contribution in [0.15, 0.2) is 60.7 Å². The molecule has 3 fully saturated rings. The number of carbonyl (C=O) groups excluding carboxylic acids is 2. The van der Waals surface area contributed by atoms with Crippen molar-refractivity contribution >= 4 is 20.3 Å². The molecule has 2 aromatic carbocycles. The maximum atomic E-state index is 13.3. The summed E-state index contributed by atoms with van der Waals surface area (Å²) in [6, 6.07) is 18.7. The minimum absolute atomic E-state index is 0.0161. The van der Waals surface area contributed by atoms with E-state index in [9.17, 15) is 9.59 Å². The van der Waals surface area contributed by atoms with Gasteiger partial charge in [0.2, 0.25) is 0 Å². The first kappa shape index (κ1) is 25.2. The Labute approximate surface area is 214 Å². The maximum Gasteiger partial charge on any atom is 0.339 e. The molecule has 0 radical (unpaired) electrons. The lowest BCUT2D eigenvalue weighted by Gasteiger charge is -2.56. The monoisotopic (exact) mass is 508 g/mol. The van der Waals surface area contributed by atoms with Crippen LogP contribution in [0.1, 0.15) is 49.5 Å². The highest BCUT2D eigenvalue weighted by Crippen LogP contribution is 2.71. The normalized spacial score (nSPS) is 30.9. The second-order valence-corrected chi connectivity index (χ2v) is 16.7. The lowest BCUT2D eigenvalue weighted by molar-refractivity contribution is -0.236. The second kappa shape index (κ2) is 8.82. The van der Waals surface area contributed by atoms with Gasteiger partial charge in [0, 0.05) is 12.3 Å². The molecule has 6 nitrogen and oxygen atoms in total. The highest BCUT2D eigenvalue weighted by molar-refractivity contribution is 6.74. The zero-order valence-electron chi connectivity index (χ0n) is 21.8. The Balaban J connectivity index is 1.43. The van der Waals surface area contributed by atoms with E-state index < -0.39 is 31.4 Å². The van der Waals surface area contributed by atoms with Gasteiger partial charge in [0.1, 0.15) is 12.7 Å². The number of carbonyl (C=O) groups is 2. The molecule has 2 aromatic rings. The van der Waals surface area contributed by atoms with Crippen molar-refractivity contribution in [3.8, 4) is 0 Å². The molecule has 1 heterocycles. The van der Waals surface area contributed by atoms with Crippen molar-refractivity contribution in [2.45, 2.75) is 76.2 Å². The van der Waals surface area contributed by atoms with Crippen LogP contribution in [0.4, 0.5) is 0 Å². The number of ether oxygens (including phenoxy) is 3. The van der Waals surface area contributed by atoms with Gasteiger partial charge in [0.05, 0.1) is 23.7 Å². The van der Waals surface area contributed by atoms with Crippen molar-refractivity contribution in [3.05, 3.63) is 71.8 Å². The lowest BCUT2D eigenvalue weighted by Crippen LogP contribution is -2.69. The van der Waals surface area contributed by atoms with Crippen molar-refractivity contribution in [1.82, 2.24) is 0 Å². The van der Waals surface area contributed by atoms with Crippen LogP contribution in [-0.4, -0.2) is 44.7 Å². The Hall–Kier alpha value is -2.48. The summed E-state index contributed by atoms with van der Waals surface area (Å²) >= 11 is 0. The van der Waals surface area contributed by atoms with Crippen LogP contribution in [0.5, 0.6) is 0 Å². The minimum atomic E-state index is -2.07. The van der Waals surface area contributed by atoms with E-state index in [1.54, 1.807) is 24.3 Å². The molecule has 0 unspecified atom stereocenters. The van der Waals surface area contributed by atoms with Crippen LogP contribution in [0.3, 0.4) is 0 Å². The Morgan fingerprint density at radius 1 is 1.06 bits per heavy atom. The summed E-state index contributed by atoms with van der Waals surface area (Å²) in [6.07, 6.45) is 0.644. The van der Waals surface area contributed by atoms with E-state index in [0.29, 0.717) is 18.4 Å². The smallest absolute Gasteiger partial charge is 0.339 e. The zero-order valence-corrected chi connectivity index (χ0v) is 22.8. The van der Waals surface area contributed by atoms with Gasteiger partial charge in [-0.15, -0.1) is 0 Å². The van der Waals surface area contributed by atoms with Gasteiger partial charge in [-0.05, 0) is 42.2 Å². The second-order valence-electron chi connectivity index (χ2n) is 11.9. The molecule has 192 valence electrons. The zero-order chi connectivity index (χ0) is 25.8. The van der Waals surface area contributed by atoms with Gasteiger partial charge in [0.15, 0.2) is 13.9 Å². The third kappa shape index (κ3) is 3.83. The number of rotatable bonds is 8. The van der Waals surface area contributed by atoms with Crippen molar-refractivity contribution in [3.63, 3.8) is 0 Å². The van der Waals surface area contributed by atoms with Gasteiger partial charge >= 0.3 is 11.9 Å². The van der Waals surface area contributed by atoms with Crippen LogP contribution in [-0.2, 0) is 30.0 Å². The molecule has 0 aromatic heterocycles. The van der Waals surface area contributed by atoms with Crippen LogP contribution in [0.2, 0.25) is 18.1 Å². The van der Waals surface area contributed by atoms with Crippen LogP contribution in [0, 0.1) is 11.3 Å². The van der Waals surface area contributed by atoms with Gasteiger partial charge in [-0.25, -0.2) is 9.59 Å².